The van der Waals surface area contributed by atoms with Crippen molar-refractivity contribution in [2.45, 2.75) is 25.8 Å². The van der Waals surface area contributed by atoms with Crippen molar-refractivity contribution in [3.63, 3.8) is 0 Å². The SMILES string of the molecule is O=C1NCCCC1COc1cc(F)ccc1-c1nnc(-c2ccc3c(c2)CCNC3)c2ccsc12. The number of aromatic nitrogens is 2. The van der Waals surface area contributed by atoms with Crippen LogP contribution in [0.5, 0.6) is 5.75 Å². The maximum atomic E-state index is 14.2. The first kappa shape index (κ1) is 22.1. The molecule has 4 aromatic rings. The highest BCUT2D eigenvalue weighted by Gasteiger charge is 2.24. The number of nitrogens with zero attached hydrogens (tertiary/aromatic N) is 2. The lowest BCUT2D eigenvalue weighted by Crippen LogP contribution is -2.39. The van der Waals surface area contributed by atoms with Crippen molar-refractivity contribution in [1.82, 2.24) is 20.8 Å². The number of carbonyl (C=O) groups excluding carboxylic acids is 1. The summed E-state index contributed by atoms with van der Waals surface area (Å²) in [5.41, 5.74) is 5.89. The van der Waals surface area contributed by atoms with Crippen molar-refractivity contribution < 1.29 is 13.9 Å². The third-order valence-electron chi connectivity index (χ3n) is 6.79. The Morgan fingerprint density at radius 1 is 1.06 bits per heavy atom. The van der Waals surface area contributed by atoms with E-state index in [0.717, 1.165) is 53.7 Å². The maximum absolute atomic E-state index is 14.2. The minimum Gasteiger partial charge on any atom is -0.492 e. The van der Waals surface area contributed by atoms with Crippen molar-refractivity contribution in [3.05, 3.63) is 64.8 Å². The van der Waals surface area contributed by atoms with Gasteiger partial charge in [0.25, 0.3) is 0 Å². The highest BCUT2D eigenvalue weighted by Crippen LogP contribution is 2.40. The van der Waals surface area contributed by atoms with E-state index in [2.05, 4.69) is 45.1 Å². The van der Waals surface area contributed by atoms with E-state index in [1.54, 1.807) is 17.4 Å². The highest BCUT2D eigenvalue weighted by atomic mass is 32.1. The Bertz CT molecular complexity index is 1420. The van der Waals surface area contributed by atoms with Gasteiger partial charge in [-0.2, -0.15) is 0 Å². The zero-order valence-corrected chi connectivity index (χ0v) is 20.0. The van der Waals surface area contributed by atoms with Gasteiger partial charge in [-0.3, -0.25) is 4.79 Å². The number of fused-ring (bicyclic) bond motifs is 2. The third kappa shape index (κ3) is 4.28. The van der Waals surface area contributed by atoms with Crippen LogP contribution in [-0.4, -0.2) is 35.8 Å². The van der Waals surface area contributed by atoms with Crippen molar-refractivity contribution in [3.8, 4) is 28.3 Å². The van der Waals surface area contributed by atoms with Gasteiger partial charge >= 0.3 is 0 Å². The van der Waals surface area contributed by atoms with E-state index in [0.29, 0.717) is 23.6 Å². The summed E-state index contributed by atoms with van der Waals surface area (Å²) in [7, 11) is 0. The van der Waals surface area contributed by atoms with E-state index in [9.17, 15) is 9.18 Å². The van der Waals surface area contributed by atoms with Gasteiger partial charge < -0.3 is 15.4 Å². The van der Waals surface area contributed by atoms with Crippen LogP contribution >= 0.6 is 11.3 Å². The number of hydrogen-bond acceptors (Lipinski definition) is 6. The first-order valence-corrected chi connectivity index (χ1v) is 12.8. The van der Waals surface area contributed by atoms with Crippen LogP contribution in [0.15, 0.2) is 47.8 Å². The second kappa shape index (κ2) is 9.36. The molecule has 2 aliphatic heterocycles. The number of piperidine rings is 1. The summed E-state index contributed by atoms with van der Waals surface area (Å²) >= 11 is 1.58. The van der Waals surface area contributed by atoms with E-state index in [1.807, 2.05) is 5.38 Å². The van der Waals surface area contributed by atoms with Crippen LogP contribution in [0, 0.1) is 11.7 Å². The Labute approximate surface area is 206 Å². The molecule has 4 heterocycles. The van der Waals surface area contributed by atoms with Gasteiger partial charge in [0.05, 0.1) is 17.2 Å². The zero-order valence-electron chi connectivity index (χ0n) is 19.1. The lowest BCUT2D eigenvalue weighted by atomic mass is 9.96. The van der Waals surface area contributed by atoms with E-state index in [-0.39, 0.29) is 18.4 Å². The molecule has 1 amide bonds. The van der Waals surface area contributed by atoms with Gasteiger partial charge in [0.2, 0.25) is 5.91 Å². The number of benzene rings is 2. The van der Waals surface area contributed by atoms with Gasteiger partial charge in [0.1, 0.15) is 23.0 Å². The Kier molecular flexibility index (Phi) is 5.91. The predicted molar refractivity (Wildman–Crippen MR) is 135 cm³/mol. The number of hydrogen-bond donors (Lipinski definition) is 2. The predicted octanol–water partition coefficient (Wildman–Crippen LogP) is 4.72. The molecule has 0 radical (unpaired) electrons. The monoisotopic (exact) mass is 488 g/mol. The number of halogens is 1. The first-order chi connectivity index (χ1) is 17.2. The molecule has 1 saturated heterocycles. The van der Waals surface area contributed by atoms with Gasteiger partial charge in [-0.05, 0) is 66.6 Å². The van der Waals surface area contributed by atoms with Crippen molar-refractivity contribution in [2.24, 2.45) is 5.92 Å². The highest BCUT2D eigenvalue weighted by molar-refractivity contribution is 7.17. The molecular formula is C27H25FN4O2S. The van der Waals surface area contributed by atoms with E-state index >= 15 is 0 Å². The van der Waals surface area contributed by atoms with Crippen LogP contribution in [0.4, 0.5) is 4.39 Å². The number of rotatable bonds is 5. The molecule has 1 fully saturated rings. The number of thiophene rings is 1. The van der Waals surface area contributed by atoms with Crippen LogP contribution in [0.25, 0.3) is 32.6 Å². The molecule has 2 N–H and O–H groups in total. The average molecular weight is 489 g/mol. The molecule has 1 atom stereocenters. The smallest absolute Gasteiger partial charge is 0.226 e. The molecule has 35 heavy (non-hydrogen) atoms. The minimum absolute atomic E-state index is 0.0141. The first-order valence-electron chi connectivity index (χ1n) is 11.9. The molecule has 0 bridgehead atoms. The van der Waals surface area contributed by atoms with E-state index in [1.165, 1.54) is 23.3 Å². The molecule has 1 unspecified atom stereocenters. The number of carbonyl (C=O) groups is 1. The van der Waals surface area contributed by atoms with Gasteiger partial charge in [0.15, 0.2) is 0 Å². The number of amides is 1. The van der Waals surface area contributed by atoms with Gasteiger partial charge in [-0.1, -0.05) is 12.1 Å². The van der Waals surface area contributed by atoms with Gasteiger partial charge in [-0.15, -0.1) is 21.5 Å². The fourth-order valence-corrected chi connectivity index (χ4v) is 5.78. The van der Waals surface area contributed by atoms with Crippen molar-refractivity contribution >= 4 is 27.3 Å². The second-order valence-corrected chi connectivity index (χ2v) is 9.97. The second-order valence-electron chi connectivity index (χ2n) is 9.05. The van der Waals surface area contributed by atoms with Crippen molar-refractivity contribution in [1.29, 1.82) is 0 Å². The van der Waals surface area contributed by atoms with Crippen molar-refractivity contribution in [2.75, 3.05) is 19.7 Å². The summed E-state index contributed by atoms with van der Waals surface area (Å²) in [5.74, 6) is -0.275. The molecule has 6 rings (SSSR count). The summed E-state index contributed by atoms with van der Waals surface area (Å²) in [6.45, 7) is 2.76. The Balaban J connectivity index is 1.37. The minimum atomic E-state index is -0.396. The number of nitrogens with one attached hydrogen (secondary N) is 2. The molecule has 6 nitrogen and oxygen atoms in total. The molecule has 0 aliphatic carbocycles. The topological polar surface area (TPSA) is 76.1 Å². The number of ether oxygens (including phenoxy) is 1. The van der Waals surface area contributed by atoms with E-state index < -0.39 is 5.82 Å². The zero-order chi connectivity index (χ0) is 23.8. The largest absolute Gasteiger partial charge is 0.492 e. The molecular weight excluding hydrogens is 463 g/mol. The standard InChI is InChI=1S/C27H25FN4O2S/c28-20-5-6-21(23(13-20)34-15-19-2-1-9-30-27(19)33)25-26-22(8-11-35-26)24(31-32-25)17-3-4-18-14-29-10-7-16(18)12-17/h3-6,8,11-13,19,29H,1-2,7,9-10,14-15H2,(H,30,33). The summed E-state index contributed by atoms with van der Waals surface area (Å²) in [6.07, 6.45) is 2.67. The summed E-state index contributed by atoms with van der Waals surface area (Å²) in [6, 6.07) is 13.0. The average Bonchev–Trinajstić information content (AvgIpc) is 3.38. The fourth-order valence-electron chi connectivity index (χ4n) is 4.89. The molecule has 8 heteroatoms. The molecule has 2 aromatic heterocycles. The van der Waals surface area contributed by atoms with E-state index in [4.69, 9.17) is 4.74 Å². The molecule has 0 spiro atoms. The maximum Gasteiger partial charge on any atom is 0.226 e. The third-order valence-corrected chi connectivity index (χ3v) is 7.71. The lowest BCUT2D eigenvalue weighted by Gasteiger charge is -2.22. The van der Waals surface area contributed by atoms with Crippen LogP contribution in [0.1, 0.15) is 24.0 Å². The summed E-state index contributed by atoms with van der Waals surface area (Å²) in [5, 5.41) is 18.5. The summed E-state index contributed by atoms with van der Waals surface area (Å²) < 4.78 is 21.2. The molecule has 178 valence electrons. The van der Waals surface area contributed by atoms with Crippen LogP contribution < -0.4 is 15.4 Å². The quantitative estimate of drug-likeness (QED) is 0.425. The summed E-state index contributed by atoms with van der Waals surface area (Å²) in [4.78, 5) is 12.1. The van der Waals surface area contributed by atoms with Gasteiger partial charge in [0, 0.05) is 35.7 Å². The lowest BCUT2D eigenvalue weighted by molar-refractivity contribution is -0.127. The Morgan fingerprint density at radius 2 is 1.97 bits per heavy atom. The Morgan fingerprint density at radius 3 is 2.89 bits per heavy atom. The molecule has 0 saturated carbocycles. The van der Waals surface area contributed by atoms with Crippen LogP contribution in [-0.2, 0) is 17.8 Å². The fraction of sp³-hybridized carbons (Fsp3) is 0.296. The Hall–Kier alpha value is -3.36. The normalized spacial score (nSPS) is 17.7. The van der Waals surface area contributed by atoms with Crippen LogP contribution in [0.3, 0.4) is 0 Å². The molecule has 2 aromatic carbocycles. The van der Waals surface area contributed by atoms with Gasteiger partial charge in [-0.25, -0.2) is 4.39 Å². The molecule has 2 aliphatic rings. The van der Waals surface area contributed by atoms with Crippen LogP contribution in [0.2, 0.25) is 0 Å².